The first-order valence-electron chi connectivity index (χ1n) is 5.38. The molecule has 1 aromatic carbocycles. The van der Waals surface area contributed by atoms with Crippen LogP contribution in [0.2, 0.25) is 5.02 Å². The van der Waals surface area contributed by atoms with Crippen LogP contribution in [0, 0.1) is 11.3 Å². The summed E-state index contributed by atoms with van der Waals surface area (Å²) < 4.78 is 0. The highest BCUT2D eigenvalue weighted by atomic mass is 35.5. The zero-order valence-corrected chi connectivity index (χ0v) is 10.6. The smallest absolute Gasteiger partial charge is 0.253 e. The number of hydrogen-bond acceptors (Lipinski definition) is 4. The summed E-state index contributed by atoms with van der Waals surface area (Å²) >= 11 is 5.87. The van der Waals surface area contributed by atoms with Crippen molar-refractivity contribution >= 4 is 17.5 Å². The molecule has 1 unspecified atom stereocenters. The monoisotopic (exact) mass is 268 g/mol. The Labute approximate surface area is 110 Å². The summed E-state index contributed by atoms with van der Waals surface area (Å²) in [5, 5.41) is 11.7. The second kappa shape index (κ2) is 7.67. The van der Waals surface area contributed by atoms with Crippen LogP contribution in [-0.4, -0.2) is 25.2 Å². The van der Waals surface area contributed by atoms with E-state index < -0.39 is 11.9 Å². The van der Waals surface area contributed by atoms with Gasteiger partial charge in [-0.05, 0) is 19.1 Å². The van der Waals surface area contributed by atoms with Crippen molar-refractivity contribution in [3.05, 3.63) is 34.9 Å². The maximum absolute atomic E-state index is 11.8. The molecule has 6 heteroatoms. The van der Waals surface area contributed by atoms with Crippen LogP contribution in [0.15, 0.2) is 24.3 Å². The molecule has 1 aromatic rings. The fourth-order valence-corrected chi connectivity index (χ4v) is 1.41. The maximum atomic E-state index is 11.8. The molecule has 1 amide bonds. The lowest BCUT2D eigenvalue weighted by atomic mass is 10.2. The molecule has 0 bridgehead atoms. The van der Waals surface area contributed by atoms with Gasteiger partial charge in [0.25, 0.3) is 5.91 Å². The number of carbonyl (C=O) groups is 1. The van der Waals surface area contributed by atoms with Gasteiger partial charge in [-0.2, -0.15) is 5.26 Å². The van der Waals surface area contributed by atoms with Gasteiger partial charge in [-0.1, -0.05) is 23.7 Å². The van der Waals surface area contributed by atoms with Crippen molar-refractivity contribution in [2.24, 2.45) is 0 Å². The Balaban J connectivity index is 2.58. The number of amides is 1. The van der Waals surface area contributed by atoms with Crippen molar-refractivity contribution in [1.29, 1.82) is 5.26 Å². The third-order valence-corrected chi connectivity index (χ3v) is 2.35. The zero-order valence-electron chi connectivity index (χ0n) is 9.85. The Morgan fingerprint density at radius 2 is 2.22 bits per heavy atom. The normalized spacial score (nSPS) is 11.6. The zero-order chi connectivity index (χ0) is 13.4. The van der Waals surface area contributed by atoms with Crippen LogP contribution in [0.25, 0.3) is 0 Å². The lowest BCUT2D eigenvalue weighted by molar-refractivity contribution is -0.292. The van der Waals surface area contributed by atoms with E-state index in [-0.39, 0.29) is 6.61 Å². The van der Waals surface area contributed by atoms with Gasteiger partial charge >= 0.3 is 0 Å². The average molecular weight is 269 g/mol. The highest BCUT2D eigenvalue weighted by Gasteiger charge is 2.15. The molecule has 0 aromatic heterocycles. The molecule has 1 N–H and O–H groups in total. The molecule has 1 atom stereocenters. The third kappa shape index (κ3) is 4.34. The van der Waals surface area contributed by atoms with E-state index in [4.69, 9.17) is 21.8 Å². The Morgan fingerprint density at radius 1 is 1.50 bits per heavy atom. The van der Waals surface area contributed by atoms with Gasteiger partial charge in [0.1, 0.15) is 12.6 Å². The van der Waals surface area contributed by atoms with Crippen molar-refractivity contribution in [2.75, 3.05) is 13.2 Å². The molecular weight excluding hydrogens is 256 g/mol. The van der Waals surface area contributed by atoms with Crippen LogP contribution < -0.4 is 5.32 Å². The van der Waals surface area contributed by atoms with Gasteiger partial charge in [0, 0.05) is 0 Å². The van der Waals surface area contributed by atoms with Gasteiger partial charge < -0.3 is 5.32 Å². The van der Waals surface area contributed by atoms with E-state index in [1.165, 1.54) is 0 Å². The molecule has 0 aliphatic carbocycles. The predicted octanol–water partition coefficient (Wildman–Crippen LogP) is 1.93. The molecular formula is C12H13ClN2O3. The fraction of sp³-hybridized carbons (Fsp3) is 0.333. The molecule has 0 aliphatic rings. The minimum Gasteiger partial charge on any atom is -0.334 e. The van der Waals surface area contributed by atoms with Crippen LogP contribution in [0.3, 0.4) is 0 Å². The van der Waals surface area contributed by atoms with E-state index in [1.807, 2.05) is 6.07 Å². The van der Waals surface area contributed by atoms with E-state index in [9.17, 15) is 4.79 Å². The first-order chi connectivity index (χ1) is 8.69. The molecule has 96 valence electrons. The van der Waals surface area contributed by atoms with Gasteiger partial charge in [-0.25, -0.2) is 9.78 Å². The Bertz CT molecular complexity index is 445. The van der Waals surface area contributed by atoms with Crippen molar-refractivity contribution in [1.82, 2.24) is 5.32 Å². The van der Waals surface area contributed by atoms with Crippen LogP contribution in [0.5, 0.6) is 0 Å². The minimum atomic E-state index is -0.791. The number of benzene rings is 1. The number of carbonyl (C=O) groups excluding carboxylic acids is 1. The summed E-state index contributed by atoms with van der Waals surface area (Å²) in [5.74, 6) is -0.424. The summed E-state index contributed by atoms with van der Waals surface area (Å²) in [4.78, 5) is 21.2. The average Bonchev–Trinajstić information content (AvgIpc) is 2.38. The van der Waals surface area contributed by atoms with Crippen molar-refractivity contribution in [3.8, 4) is 6.07 Å². The Kier molecular flexibility index (Phi) is 6.15. The second-order valence-corrected chi connectivity index (χ2v) is 3.73. The van der Waals surface area contributed by atoms with E-state index in [0.29, 0.717) is 17.2 Å². The quantitative estimate of drug-likeness (QED) is 0.486. The molecule has 0 heterocycles. The van der Waals surface area contributed by atoms with E-state index in [1.54, 1.807) is 31.2 Å². The van der Waals surface area contributed by atoms with E-state index in [2.05, 4.69) is 10.2 Å². The third-order valence-electron chi connectivity index (χ3n) is 2.02. The molecule has 1 rings (SSSR count). The first kappa shape index (κ1) is 14.5. The van der Waals surface area contributed by atoms with Crippen LogP contribution in [0.4, 0.5) is 0 Å². The highest BCUT2D eigenvalue weighted by molar-refractivity contribution is 6.33. The molecule has 0 saturated carbocycles. The lowest BCUT2D eigenvalue weighted by Gasteiger charge is -2.11. The van der Waals surface area contributed by atoms with Crippen molar-refractivity contribution in [3.63, 3.8) is 0 Å². The summed E-state index contributed by atoms with van der Waals surface area (Å²) in [5.41, 5.74) is 0.316. The summed E-state index contributed by atoms with van der Waals surface area (Å²) in [7, 11) is 0. The van der Waals surface area contributed by atoms with Gasteiger partial charge in [-0.3, -0.25) is 4.79 Å². The van der Waals surface area contributed by atoms with Crippen molar-refractivity contribution in [2.45, 2.75) is 13.0 Å². The maximum Gasteiger partial charge on any atom is 0.253 e. The SMILES string of the molecule is CCOOCC(C#N)NC(=O)c1ccccc1Cl. The van der Waals surface area contributed by atoms with Crippen LogP contribution >= 0.6 is 11.6 Å². The number of nitrogens with zero attached hydrogens (tertiary/aromatic N) is 1. The first-order valence-corrected chi connectivity index (χ1v) is 5.76. The highest BCUT2D eigenvalue weighted by Crippen LogP contribution is 2.14. The molecule has 0 spiro atoms. The van der Waals surface area contributed by atoms with Crippen LogP contribution in [0.1, 0.15) is 17.3 Å². The molecule has 0 saturated heterocycles. The molecule has 0 fully saturated rings. The van der Waals surface area contributed by atoms with E-state index >= 15 is 0 Å². The number of nitrogens with one attached hydrogen (secondary N) is 1. The second-order valence-electron chi connectivity index (χ2n) is 3.33. The number of halogens is 1. The number of rotatable bonds is 6. The number of nitriles is 1. The molecule has 18 heavy (non-hydrogen) atoms. The summed E-state index contributed by atoms with van der Waals surface area (Å²) in [6, 6.07) is 7.71. The minimum absolute atomic E-state index is 0.0411. The summed E-state index contributed by atoms with van der Waals surface area (Å²) in [6.07, 6.45) is 0. The molecule has 5 nitrogen and oxygen atoms in total. The van der Waals surface area contributed by atoms with Crippen molar-refractivity contribution < 1.29 is 14.6 Å². The fourth-order valence-electron chi connectivity index (χ4n) is 1.19. The topological polar surface area (TPSA) is 71.3 Å². The van der Waals surface area contributed by atoms with E-state index in [0.717, 1.165) is 0 Å². The molecule has 0 aliphatic heterocycles. The van der Waals surface area contributed by atoms with Crippen LogP contribution in [-0.2, 0) is 9.78 Å². The largest absolute Gasteiger partial charge is 0.334 e. The Hall–Kier alpha value is -1.61. The standard InChI is InChI=1S/C12H13ClN2O3/c1-2-17-18-8-9(7-14)15-12(16)10-5-3-4-6-11(10)13/h3-6,9H,2,8H2,1H3,(H,15,16). The summed E-state index contributed by atoms with van der Waals surface area (Å²) in [6.45, 7) is 2.08. The van der Waals surface area contributed by atoms with Gasteiger partial charge in [-0.15, -0.1) is 0 Å². The lowest BCUT2D eigenvalue weighted by Crippen LogP contribution is -2.37. The van der Waals surface area contributed by atoms with Gasteiger partial charge in [0.2, 0.25) is 0 Å². The number of hydrogen-bond donors (Lipinski definition) is 1. The predicted molar refractivity (Wildman–Crippen MR) is 65.9 cm³/mol. The Morgan fingerprint density at radius 3 is 2.83 bits per heavy atom. The van der Waals surface area contributed by atoms with Gasteiger partial charge in [0.15, 0.2) is 0 Å². The molecule has 0 radical (unpaired) electrons. The van der Waals surface area contributed by atoms with Gasteiger partial charge in [0.05, 0.1) is 23.3 Å².